The van der Waals surface area contributed by atoms with Crippen LogP contribution in [0.15, 0.2) is 30.5 Å². The van der Waals surface area contributed by atoms with Crippen molar-refractivity contribution in [3.05, 3.63) is 41.7 Å². The van der Waals surface area contributed by atoms with Gasteiger partial charge in [-0.1, -0.05) is 6.92 Å². The minimum Gasteiger partial charge on any atom is -0.497 e. The van der Waals surface area contributed by atoms with Crippen molar-refractivity contribution in [2.24, 2.45) is 0 Å². The van der Waals surface area contributed by atoms with E-state index in [1.807, 2.05) is 11.6 Å². The van der Waals surface area contributed by atoms with Gasteiger partial charge in [-0.05, 0) is 38.5 Å². The largest absolute Gasteiger partial charge is 0.497 e. The summed E-state index contributed by atoms with van der Waals surface area (Å²) in [5.41, 5.74) is 8.94. The number of carbonyl (C=O) groups is 1. The molecule has 3 aromatic rings. The second-order valence-electron chi connectivity index (χ2n) is 6.30. The lowest BCUT2D eigenvalue weighted by Gasteiger charge is -2.12. The maximum atomic E-state index is 12.9. The van der Waals surface area contributed by atoms with Crippen LogP contribution < -0.4 is 15.8 Å². The lowest BCUT2D eigenvalue weighted by atomic mass is 10.1. The molecule has 1 amide bonds. The molecule has 1 unspecified atom stereocenters. The molecule has 136 valence electrons. The molecule has 0 aliphatic rings. The number of fused-ring (bicyclic) bond motifs is 1. The number of nitrogen functional groups attached to an aromatic ring is 1. The van der Waals surface area contributed by atoms with Gasteiger partial charge in [0.15, 0.2) is 5.65 Å². The number of nitrogens with zero attached hydrogens (tertiary/aromatic N) is 3. The van der Waals surface area contributed by atoms with E-state index in [4.69, 9.17) is 10.5 Å². The number of ether oxygens (including phenoxy) is 1. The fourth-order valence-corrected chi connectivity index (χ4v) is 2.79. The summed E-state index contributed by atoms with van der Waals surface area (Å²) in [5, 5.41) is 8.01. The molecule has 0 saturated heterocycles. The number of anilines is 2. The topological polar surface area (TPSA) is 95.1 Å². The van der Waals surface area contributed by atoms with Crippen molar-refractivity contribution in [3.63, 3.8) is 0 Å². The zero-order valence-corrected chi connectivity index (χ0v) is 15.4. The van der Waals surface area contributed by atoms with E-state index in [1.54, 1.807) is 37.6 Å². The number of hydrogen-bond donors (Lipinski definition) is 2. The van der Waals surface area contributed by atoms with E-state index < -0.39 is 0 Å². The Morgan fingerprint density at radius 3 is 2.85 bits per heavy atom. The summed E-state index contributed by atoms with van der Waals surface area (Å²) in [6.45, 7) is 6.03. The number of aryl methyl sites for hydroxylation is 1. The average molecular weight is 353 g/mol. The van der Waals surface area contributed by atoms with Gasteiger partial charge < -0.3 is 15.8 Å². The first kappa shape index (κ1) is 17.7. The highest BCUT2D eigenvalue weighted by Gasteiger charge is 2.18. The Morgan fingerprint density at radius 1 is 1.38 bits per heavy atom. The van der Waals surface area contributed by atoms with E-state index in [1.165, 1.54) is 0 Å². The average Bonchev–Trinajstić information content (AvgIpc) is 3.05. The SMILES string of the molecule is CCC(C)n1ncc2c(C(=O)Nc3cc(OC)ccc3N)cc(C)nc21. The van der Waals surface area contributed by atoms with E-state index in [-0.39, 0.29) is 11.9 Å². The van der Waals surface area contributed by atoms with Gasteiger partial charge in [-0.25, -0.2) is 9.67 Å². The fourth-order valence-electron chi connectivity index (χ4n) is 2.79. The van der Waals surface area contributed by atoms with Crippen molar-refractivity contribution < 1.29 is 9.53 Å². The number of benzene rings is 1. The molecule has 2 aromatic heterocycles. The molecule has 7 heteroatoms. The molecule has 0 saturated carbocycles. The summed E-state index contributed by atoms with van der Waals surface area (Å²) in [6, 6.07) is 7.10. The zero-order valence-electron chi connectivity index (χ0n) is 15.4. The first-order valence-electron chi connectivity index (χ1n) is 8.54. The van der Waals surface area contributed by atoms with Crippen LogP contribution in [0.1, 0.15) is 42.4 Å². The van der Waals surface area contributed by atoms with Gasteiger partial charge in [0.05, 0.1) is 41.7 Å². The number of pyridine rings is 1. The molecule has 26 heavy (non-hydrogen) atoms. The third kappa shape index (κ3) is 3.20. The Hall–Kier alpha value is -3.09. The molecule has 2 heterocycles. The van der Waals surface area contributed by atoms with Crippen molar-refractivity contribution >= 4 is 28.3 Å². The van der Waals surface area contributed by atoms with E-state index >= 15 is 0 Å². The lowest BCUT2D eigenvalue weighted by molar-refractivity contribution is 0.102. The Balaban J connectivity index is 2.02. The van der Waals surface area contributed by atoms with Crippen LogP contribution in [-0.4, -0.2) is 27.8 Å². The van der Waals surface area contributed by atoms with E-state index in [2.05, 4.69) is 29.2 Å². The molecule has 3 rings (SSSR count). The quantitative estimate of drug-likeness (QED) is 0.684. The van der Waals surface area contributed by atoms with Crippen LogP contribution in [0.25, 0.3) is 11.0 Å². The third-order valence-corrected chi connectivity index (χ3v) is 4.46. The van der Waals surface area contributed by atoms with Gasteiger partial charge in [0.1, 0.15) is 5.75 Å². The molecular formula is C19H23N5O2. The minimum absolute atomic E-state index is 0.201. The van der Waals surface area contributed by atoms with Crippen LogP contribution in [0.5, 0.6) is 5.75 Å². The molecule has 0 aliphatic carbocycles. The van der Waals surface area contributed by atoms with Gasteiger partial charge in [-0.2, -0.15) is 5.10 Å². The van der Waals surface area contributed by atoms with Crippen molar-refractivity contribution in [1.29, 1.82) is 0 Å². The summed E-state index contributed by atoms with van der Waals surface area (Å²) in [6.07, 6.45) is 2.62. The predicted octanol–water partition coefficient (Wildman–Crippen LogP) is 3.55. The highest BCUT2D eigenvalue weighted by molar-refractivity contribution is 6.12. The van der Waals surface area contributed by atoms with Crippen LogP contribution in [0, 0.1) is 6.92 Å². The normalized spacial score (nSPS) is 12.2. The second kappa shape index (κ2) is 7.03. The number of hydrogen-bond acceptors (Lipinski definition) is 5. The van der Waals surface area contributed by atoms with Crippen LogP contribution >= 0.6 is 0 Å². The zero-order chi connectivity index (χ0) is 18.8. The first-order chi connectivity index (χ1) is 12.4. The van der Waals surface area contributed by atoms with Crippen molar-refractivity contribution in [3.8, 4) is 5.75 Å². The van der Waals surface area contributed by atoms with Gasteiger partial charge >= 0.3 is 0 Å². The predicted molar refractivity (Wildman–Crippen MR) is 103 cm³/mol. The molecule has 1 aromatic carbocycles. The maximum Gasteiger partial charge on any atom is 0.256 e. The molecule has 0 radical (unpaired) electrons. The highest BCUT2D eigenvalue weighted by atomic mass is 16.5. The number of carbonyl (C=O) groups excluding carboxylic acids is 1. The van der Waals surface area contributed by atoms with Crippen LogP contribution in [0.3, 0.4) is 0 Å². The molecule has 0 bridgehead atoms. The second-order valence-corrected chi connectivity index (χ2v) is 6.30. The van der Waals surface area contributed by atoms with Gasteiger partial charge in [0, 0.05) is 11.8 Å². The van der Waals surface area contributed by atoms with E-state index in [0.29, 0.717) is 28.3 Å². The van der Waals surface area contributed by atoms with Gasteiger partial charge in [0.2, 0.25) is 0 Å². The number of nitrogens with one attached hydrogen (secondary N) is 1. The first-order valence-corrected chi connectivity index (χ1v) is 8.54. The van der Waals surface area contributed by atoms with Gasteiger partial charge in [-0.15, -0.1) is 0 Å². The molecule has 3 N–H and O–H groups in total. The summed E-state index contributed by atoms with van der Waals surface area (Å²) < 4.78 is 7.06. The fraction of sp³-hybridized carbons (Fsp3) is 0.316. The summed E-state index contributed by atoms with van der Waals surface area (Å²) >= 11 is 0. The summed E-state index contributed by atoms with van der Waals surface area (Å²) in [4.78, 5) is 17.5. The summed E-state index contributed by atoms with van der Waals surface area (Å²) in [7, 11) is 1.57. The van der Waals surface area contributed by atoms with Crippen molar-refractivity contribution in [1.82, 2.24) is 14.8 Å². The van der Waals surface area contributed by atoms with Crippen LogP contribution in [0.2, 0.25) is 0 Å². The third-order valence-electron chi connectivity index (χ3n) is 4.46. The van der Waals surface area contributed by atoms with Gasteiger partial charge in [0.25, 0.3) is 5.91 Å². The molecule has 0 fully saturated rings. The summed E-state index contributed by atoms with van der Waals surface area (Å²) in [5.74, 6) is 0.360. The van der Waals surface area contributed by atoms with E-state index in [0.717, 1.165) is 17.5 Å². The Kier molecular flexibility index (Phi) is 4.79. The minimum atomic E-state index is -0.260. The van der Waals surface area contributed by atoms with Crippen LogP contribution in [0.4, 0.5) is 11.4 Å². The Bertz CT molecular complexity index is 964. The van der Waals surface area contributed by atoms with Crippen LogP contribution in [-0.2, 0) is 0 Å². The van der Waals surface area contributed by atoms with E-state index in [9.17, 15) is 4.79 Å². The monoisotopic (exact) mass is 353 g/mol. The smallest absolute Gasteiger partial charge is 0.256 e. The van der Waals surface area contributed by atoms with Gasteiger partial charge in [-0.3, -0.25) is 4.79 Å². The molecule has 0 spiro atoms. The standard InChI is InChI=1S/C19H23N5O2/c1-5-12(3)24-18-15(10-21-24)14(8-11(2)22-18)19(25)23-17-9-13(26-4)6-7-16(17)20/h6-10,12H,5,20H2,1-4H3,(H,23,25). The molecule has 0 aliphatic heterocycles. The number of amides is 1. The number of nitrogens with two attached hydrogens (primary N) is 1. The Labute approximate surface area is 152 Å². The Morgan fingerprint density at radius 2 is 2.15 bits per heavy atom. The number of rotatable bonds is 5. The van der Waals surface area contributed by atoms with Crippen molar-refractivity contribution in [2.45, 2.75) is 33.2 Å². The molecular weight excluding hydrogens is 330 g/mol. The highest BCUT2D eigenvalue weighted by Crippen LogP contribution is 2.27. The van der Waals surface area contributed by atoms with Crippen molar-refractivity contribution in [2.75, 3.05) is 18.2 Å². The number of aromatic nitrogens is 3. The molecule has 1 atom stereocenters. The maximum absolute atomic E-state index is 12.9. The lowest BCUT2D eigenvalue weighted by Crippen LogP contribution is -2.15. The molecule has 7 nitrogen and oxygen atoms in total. The number of methoxy groups -OCH3 is 1.